The summed E-state index contributed by atoms with van der Waals surface area (Å²) in [7, 11) is -4.09. The van der Waals surface area contributed by atoms with Crippen molar-refractivity contribution in [3.8, 4) is 23.1 Å². The Kier molecular flexibility index (Phi) is 9.45. The molecule has 0 bridgehead atoms. The highest BCUT2D eigenvalue weighted by Gasteiger charge is 2.32. The van der Waals surface area contributed by atoms with E-state index < -0.39 is 33.2 Å². The number of rotatable bonds is 13. The number of aliphatic hydroxyl groups excluding tert-OH is 1. The molecule has 15 heteroatoms. The van der Waals surface area contributed by atoms with Gasteiger partial charge in [-0.2, -0.15) is 4.31 Å². The summed E-state index contributed by atoms with van der Waals surface area (Å²) in [4.78, 5) is 25.6. The molecule has 0 fully saturated rings. The Labute approximate surface area is 241 Å². The van der Waals surface area contributed by atoms with E-state index in [4.69, 9.17) is 14.2 Å². The van der Waals surface area contributed by atoms with Crippen molar-refractivity contribution in [2.24, 2.45) is 5.92 Å². The van der Waals surface area contributed by atoms with Gasteiger partial charge < -0.3 is 29.7 Å². The fraction of sp³-hybridized carbons (Fsp3) is 0.333. The Morgan fingerprint density at radius 1 is 1.12 bits per heavy atom. The van der Waals surface area contributed by atoms with Crippen LogP contribution in [0.2, 0.25) is 0 Å². The smallest absolute Gasteiger partial charge is 0.404 e. The average Bonchev–Trinajstić information content (AvgIpc) is 3.41. The molecule has 0 spiro atoms. The van der Waals surface area contributed by atoms with Gasteiger partial charge >= 0.3 is 6.09 Å². The molecule has 0 saturated heterocycles. The first-order valence-corrected chi connectivity index (χ1v) is 14.3. The number of fused-ring (bicyclic) bond motifs is 1. The molecule has 0 aliphatic carbocycles. The summed E-state index contributed by atoms with van der Waals surface area (Å²) >= 11 is 0. The second-order valence-corrected chi connectivity index (χ2v) is 11.9. The van der Waals surface area contributed by atoms with Crippen molar-refractivity contribution in [1.82, 2.24) is 14.6 Å². The minimum absolute atomic E-state index is 0.0170. The molecule has 42 heavy (non-hydrogen) atoms. The summed E-state index contributed by atoms with van der Waals surface area (Å²) in [5, 5.41) is 33.6. The molecule has 0 radical (unpaired) electrons. The van der Waals surface area contributed by atoms with E-state index >= 15 is 0 Å². The second kappa shape index (κ2) is 13.0. The third-order valence-electron chi connectivity index (χ3n) is 6.25. The maximum absolute atomic E-state index is 13.6. The molecular weight excluding hydrogens is 572 g/mol. The van der Waals surface area contributed by atoms with Crippen molar-refractivity contribution < 1.29 is 42.6 Å². The zero-order valence-electron chi connectivity index (χ0n) is 22.7. The van der Waals surface area contributed by atoms with E-state index in [1.807, 2.05) is 13.8 Å². The normalized spacial score (nSPS) is 14.0. The van der Waals surface area contributed by atoms with Crippen molar-refractivity contribution in [2.75, 3.05) is 19.9 Å². The van der Waals surface area contributed by atoms with Crippen molar-refractivity contribution in [1.29, 1.82) is 0 Å². The lowest BCUT2D eigenvalue weighted by molar-refractivity contribution is -0.385. The fourth-order valence-corrected chi connectivity index (χ4v) is 5.89. The van der Waals surface area contributed by atoms with Crippen LogP contribution in [0.4, 0.5) is 10.5 Å². The molecule has 0 unspecified atom stereocenters. The molecular formula is C27H30N4O10S. The Balaban J connectivity index is 1.48. The van der Waals surface area contributed by atoms with E-state index in [0.717, 1.165) is 10.5 Å². The van der Waals surface area contributed by atoms with Crippen LogP contribution in [0, 0.1) is 16.0 Å². The van der Waals surface area contributed by atoms with Crippen LogP contribution in [-0.2, 0) is 16.4 Å². The van der Waals surface area contributed by atoms with Crippen LogP contribution in [-0.4, -0.2) is 71.0 Å². The number of ether oxygens (including phenoxy) is 3. The zero-order valence-corrected chi connectivity index (χ0v) is 23.6. The molecule has 1 aromatic heterocycles. The van der Waals surface area contributed by atoms with E-state index in [9.17, 15) is 33.5 Å². The monoisotopic (exact) mass is 602 g/mol. The van der Waals surface area contributed by atoms with Crippen molar-refractivity contribution in [2.45, 2.75) is 37.3 Å². The molecule has 3 N–H and O–H groups in total. The summed E-state index contributed by atoms with van der Waals surface area (Å²) < 4.78 is 44.5. The van der Waals surface area contributed by atoms with Gasteiger partial charge in [-0.25, -0.2) is 18.2 Å². The first kappa shape index (κ1) is 30.5. The van der Waals surface area contributed by atoms with E-state index in [-0.39, 0.29) is 48.7 Å². The van der Waals surface area contributed by atoms with Gasteiger partial charge in [0.2, 0.25) is 22.7 Å². The first-order chi connectivity index (χ1) is 19.9. The van der Waals surface area contributed by atoms with E-state index in [0.29, 0.717) is 22.8 Å². The molecule has 2 aromatic carbocycles. The van der Waals surface area contributed by atoms with Crippen molar-refractivity contribution in [3.05, 3.63) is 76.5 Å². The maximum atomic E-state index is 13.6. The molecule has 224 valence electrons. The fourth-order valence-electron chi connectivity index (χ4n) is 4.25. The van der Waals surface area contributed by atoms with Gasteiger partial charge in [0.15, 0.2) is 11.5 Å². The number of sulfonamides is 1. The van der Waals surface area contributed by atoms with Crippen LogP contribution in [0.15, 0.2) is 65.7 Å². The van der Waals surface area contributed by atoms with E-state index in [1.165, 1.54) is 30.3 Å². The molecule has 1 aliphatic heterocycles. The number of benzene rings is 2. The topological polar surface area (TPSA) is 191 Å². The van der Waals surface area contributed by atoms with Gasteiger partial charge in [-0.1, -0.05) is 26.0 Å². The summed E-state index contributed by atoms with van der Waals surface area (Å²) in [5.41, 5.74) is 0.453. The lowest BCUT2D eigenvalue weighted by atomic mass is 10.0. The number of nitro groups is 1. The van der Waals surface area contributed by atoms with E-state index in [2.05, 4.69) is 10.3 Å². The number of nitrogens with zero attached hydrogens (tertiary/aromatic N) is 3. The Morgan fingerprint density at radius 2 is 1.83 bits per heavy atom. The summed E-state index contributed by atoms with van der Waals surface area (Å²) in [5.74, 6) is 1.15. The molecule has 0 saturated carbocycles. The molecule has 1 amide bonds. The minimum Gasteiger partial charge on any atom is -0.465 e. The van der Waals surface area contributed by atoms with Gasteiger partial charge in [0, 0.05) is 31.3 Å². The lowest BCUT2D eigenvalue weighted by Crippen LogP contribution is -2.50. The third-order valence-corrected chi connectivity index (χ3v) is 8.08. The highest BCUT2D eigenvalue weighted by atomic mass is 32.2. The predicted molar refractivity (Wildman–Crippen MR) is 148 cm³/mol. The number of carboxylic acid groups (broad SMARTS) is 1. The summed E-state index contributed by atoms with van der Waals surface area (Å²) in [6, 6.07) is 12.3. The Morgan fingerprint density at radius 3 is 2.45 bits per heavy atom. The number of hydrogen-bond acceptors (Lipinski definition) is 10. The largest absolute Gasteiger partial charge is 0.465 e. The highest BCUT2D eigenvalue weighted by Crippen LogP contribution is 2.35. The van der Waals surface area contributed by atoms with Crippen LogP contribution in [0.25, 0.3) is 0 Å². The number of aliphatic hydroxyl groups is 1. The Bertz CT molecular complexity index is 1510. The predicted octanol–water partition coefficient (Wildman–Crippen LogP) is 3.40. The van der Waals surface area contributed by atoms with Crippen LogP contribution in [0.3, 0.4) is 0 Å². The molecule has 2 atom stereocenters. The molecule has 1 aliphatic rings. The van der Waals surface area contributed by atoms with Crippen molar-refractivity contribution >= 4 is 21.8 Å². The van der Waals surface area contributed by atoms with Gasteiger partial charge in [-0.3, -0.25) is 10.1 Å². The third kappa shape index (κ3) is 7.63. The average molecular weight is 603 g/mol. The number of amides is 1. The summed E-state index contributed by atoms with van der Waals surface area (Å²) in [6.07, 6.45) is -1.66. The van der Waals surface area contributed by atoms with Gasteiger partial charge in [0.1, 0.15) is 11.9 Å². The quantitative estimate of drug-likeness (QED) is 0.192. The van der Waals surface area contributed by atoms with Crippen molar-refractivity contribution in [3.63, 3.8) is 0 Å². The minimum atomic E-state index is -4.09. The Hall–Kier alpha value is -4.47. The number of hydrogen-bond donors (Lipinski definition) is 3. The van der Waals surface area contributed by atoms with E-state index in [1.54, 1.807) is 24.3 Å². The number of aromatic nitrogens is 1. The maximum Gasteiger partial charge on any atom is 0.404 e. The van der Waals surface area contributed by atoms with Gasteiger partial charge in [-0.15, -0.1) is 0 Å². The van der Waals surface area contributed by atoms with Crippen LogP contribution < -0.4 is 19.5 Å². The summed E-state index contributed by atoms with van der Waals surface area (Å²) in [6.45, 7) is 3.36. The van der Waals surface area contributed by atoms with Gasteiger partial charge in [0.25, 0.3) is 5.69 Å². The first-order valence-electron chi connectivity index (χ1n) is 12.9. The number of pyridine rings is 1. The molecule has 4 rings (SSSR count). The van der Waals surface area contributed by atoms with Gasteiger partial charge in [0.05, 0.1) is 22.0 Å². The highest BCUT2D eigenvalue weighted by molar-refractivity contribution is 7.89. The number of nitrogens with one attached hydrogen (secondary N) is 1. The van der Waals surface area contributed by atoms with Crippen LogP contribution >= 0.6 is 0 Å². The molecule has 14 nitrogen and oxygen atoms in total. The molecule has 2 heterocycles. The number of carbonyl (C=O) groups is 1. The van der Waals surface area contributed by atoms with Gasteiger partial charge in [-0.05, 0) is 42.2 Å². The second-order valence-electron chi connectivity index (χ2n) is 9.92. The van der Waals surface area contributed by atoms with Crippen LogP contribution in [0.5, 0.6) is 23.1 Å². The lowest BCUT2D eigenvalue weighted by Gasteiger charge is -2.30. The standard InChI is InChI=1S/C27H30N4O10S/c1-17(2)14-30(42(37,38)21-8-9-24-25(12-21)40-16-39-24)15-23(32)22(29-27(33)34)11-18-3-6-20(7-4-18)41-26-10-5-19(13-28-26)31(35)36/h3-10,12-13,17,22-23,29,32H,11,14-16H2,1-2H3,(H,33,34)/t22-,23+/m0/s1. The zero-order chi connectivity index (χ0) is 30.4. The molecule has 3 aromatic rings. The SMILES string of the molecule is CC(C)CN(C[C@@H](O)[C@H](Cc1ccc(Oc2ccc([N+](=O)[O-])cn2)cc1)NC(=O)O)S(=O)(=O)c1ccc2c(c1)OCO2. The van der Waals surface area contributed by atoms with Crippen LogP contribution in [0.1, 0.15) is 19.4 Å².